The van der Waals surface area contributed by atoms with Crippen molar-refractivity contribution in [1.82, 2.24) is 15.1 Å². The summed E-state index contributed by atoms with van der Waals surface area (Å²) in [7, 11) is 0. The zero-order valence-corrected chi connectivity index (χ0v) is 12.2. The van der Waals surface area contributed by atoms with Crippen LogP contribution in [0.5, 0.6) is 0 Å². The molecule has 2 fully saturated rings. The first-order valence-electron chi connectivity index (χ1n) is 7.48. The Kier molecular flexibility index (Phi) is 4.49. The van der Waals surface area contributed by atoms with E-state index < -0.39 is 11.9 Å². The van der Waals surface area contributed by atoms with Gasteiger partial charge in [-0.05, 0) is 24.5 Å². The van der Waals surface area contributed by atoms with E-state index in [4.69, 9.17) is 4.74 Å². The molecule has 0 N–H and O–H groups in total. The molecule has 0 radical (unpaired) electrons. The maximum absolute atomic E-state index is 12.5. The van der Waals surface area contributed by atoms with Crippen molar-refractivity contribution in [3.05, 3.63) is 17.8 Å². The summed E-state index contributed by atoms with van der Waals surface area (Å²) in [5.41, 5.74) is -0.948. The summed E-state index contributed by atoms with van der Waals surface area (Å²) in [6, 6.07) is 2.39. The Morgan fingerprint density at radius 1 is 1.14 bits per heavy atom. The number of hydrogen-bond donors (Lipinski definition) is 0. The van der Waals surface area contributed by atoms with E-state index in [0.29, 0.717) is 11.7 Å². The Morgan fingerprint density at radius 3 is 2.45 bits per heavy atom. The van der Waals surface area contributed by atoms with Crippen LogP contribution >= 0.6 is 0 Å². The third-order valence-corrected chi connectivity index (χ3v) is 4.18. The monoisotopic (exact) mass is 316 g/mol. The van der Waals surface area contributed by atoms with Gasteiger partial charge in [0.1, 0.15) is 0 Å². The second-order valence-electron chi connectivity index (χ2n) is 5.79. The Labute approximate surface area is 127 Å². The fourth-order valence-corrected chi connectivity index (χ4v) is 2.90. The summed E-state index contributed by atoms with van der Waals surface area (Å²) in [6.07, 6.45) is -3.32. The van der Waals surface area contributed by atoms with Gasteiger partial charge in [0, 0.05) is 39.3 Å². The van der Waals surface area contributed by atoms with E-state index >= 15 is 0 Å². The number of halogens is 3. The van der Waals surface area contributed by atoms with Crippen molar-refractivity contribution in [3.63, 3.8) is 0 Å². The number of ether oxygens (including phenoxy) is 1. The van der Waals surface area contributed by atoms with Gasteiger partial charge in [-0.2, -0.15) is 13.2 Å². The Balaban J connectivity index is 1.52. The summed E-state index contributed by atoms with van der Waals surface area (Å²) in [5, 5.41) is 7.00. The molecule has 3 rings (SSSR count). The normalized spacial score (nSPS) is 24.0. The first-order chi connectivity index (χ1) is 10.5. The minimum absolute atomic E-state index is 0.511. The Morgan fingerprint density at radius 2 is 1.91 bits per heavy atom. The number of rotatable bonds is 3. The van der Waals surface area contributed by atoms with Gasteiger partial charge in [0.05, 0.1) is 6.61 Å². The van der Waals surface area contributed by atoms with Crippen LogP contribution in [-0.4, -0.2) is 61.0 Å². The maximum Gasteiger partial charge on any atom is 0.435 e. The van der Waals surface area contributed by atoms with Crippen molar-refractivity contribution < 1.29 is 17.9 Å². The van der Waals surface area contributed by atoms with E-state index in [1.165, 1.54) is 6.07 Å². The smallest absolute Gasteiger partial charge is 0.381 e. The van der Waals surface area contributed by atoms with E-state index in [0.717, 1.165) is 58.4 Å². The molecule has 2 saturated heterocycles. The summed E-state index contributed by atoms with van der Waals surface area (Å²) in [6.45, 7) is 6.02. The van der Waals surface area contributed by atoms with Crippen molar-refractivity contribution >= 4 is 5.82 Å². The van der Waals surface area contributed by atoms with Crippen molar-refractivity contribution in [2.45, 2.75) is 12.6 Å². The highest BCUT2D eigenvalue weighted by Crippen LogP contribution is 2.27. The zero-order chi connectivity index (χ0) is 15.6. The van der Waals surface area contributed by atoms with Crippen LogP contribution in [-0.2, 0) is 10.9 Å². The van der Waals surface area contributed by atoms with Gasteiger partial charge >= 0.3 is 6.18 Å². The van der Waals surface area contributed by atoms with Gasteiger partial charge in [0.15, 0.2) is 11.5 Å². The van der Waals surface area contributed by atoms with Gasteiger partial charge in [-0.3, -0.25) is 4.90 Å². The van der Waals surface area contributed by atoms with Crippen molar-refractivity contribution in [1.29, 1.82) is 0 Å². The minimum atomic E-state index is -4.44. The second kappa shape index (κ2) is 6.37. The van der Waals surface area contributed by atoms with E-state index in [9.17, 15) is 13.2 Å². The lowest BCUT2D eigenvalue weighted by atomic mass is 10.1. The molecular weight excluding hydrogens is 297 g/mol. The lowest BCUT2D eigenvalue weighted by Crippen LogP contribution is -2.48. The van der Waals surface area contributed by atoms with E-state index in [-0.39, 0.29) is 0 Å². The van der Waals surface area contributed by atoms with Crippen LogP contribution in [0.1, 0.15) is 12.1 Å². The number of piperazine rings is 1. The molecule has 3 heterocycles. The fraction of sp³-hybridized carbons (Fsp3) is 0.714. The van der Waals surface area contributed by atoms with Gasteiger partial charge in [0.25, 0.3) is 0 Å². The van der Waals surface area contributed by atoms with Gasteiger partial charge < -0.3 is 9.64 Å². The SMILES string of the molecule is FC(F)(F)c1ccc(N2CCN(CC3CCOC3)CC2)nn1. The molecule has 22 heavy (non-hydrogen) atoms. The molecule has 0 spiro atoms. The third-order valence-electron chi connectivity index (χ3n) is 4.18. The quantitative estimate of drug-likeness (QED) is 0.848. The van der Waals surface area contributed by atoms with E-state index in [2.05, 4.69) is 15.1 Å². The average Bonchev–Trinajstić information content (AvgIpc) is 3.00. The van der Waals surface area contributed by atoms with E-state index in [1.54, 1.807) is 0 Å². The molecule has 122 valence electrons. The van der Waals surface area contributed by atoms with Gasteiger partial charge in [-0.1, -0.05) is 0 Å². The summed E-state index contributed by atoms with van der Waals surface area (Å²) in [4.78, 5) is 4.36. The molecule has 1 aromatic rings. The predicted octanol–water partition coefficient (Wildman–Crippen LogP) is 1.65. The summed E-state index contributed by atoms with van der Waals surface area (Å²) >= 11 is 0. The number of aromatic nitrogens is 2. The lowest BCUT2D eigenvalue weighted by molar-refractivity contribution is -0.141. The largest absolute Gasteiger partial charge is 0.435 e. The zero-order valence-electron chi connectivity index (χ0n) is 12.2. The standard InChI is InChI=1S/C14H19F3N4O/c15-14(16,17)12-1-2-13(19-18-12)21-6-4-20(5-7-21)9-11-3-8-22-10-11/h1-2,11H,3-10H2. The molecule has 1 aromatic heterocycles. The second-order valence-corrected chi connectivity index (χ2v) is 5.79. The minimum Gasteiger partial charge on any atom is -0.381 e. The predicted molar refractivity (Wildman–Crippen MR) is 74.6 cm³/mol. The first-order valence-corrected chi connectivity index (χ1v) is 7.48. The van der Waals surface area contributed by atoms with E-state index in [1.807, 2.05) is 4.90 Å². The van der Waals surface area contributed by atoms with Crippen molar-refractivity contribution in [3.8, 4) is 0 Å². The summed E-state index contributed by atoms with van der Waals surface area (Å²) in [5.74, 6) is 1.12. The van der Waals surface area contributed by atoms with Gasteiger partial charge in [-0.15, -0.1) is 10.2 Å². The highest BCUT2D eigenvalue weighted by molar-refractivity contribution is 5.38. The van der Waals surface area contributed by atoms with Crippen LogP contribution in [0.25, 0.3) is 0 Å². The summed E-state index contributed by atoms with van der Waals surface area (Å²) < 4.78 is 42.8. The first kappa shape index (κ1) is 15.5. The number of hydrogen-bond acceptors (Lipinski definition) is 5. The van der Waals surface area contributed by atoms with Crippen LogP contribution < -0.4 is 4.90 Å². The fourth-order valence-electron chi connectivity index (χ4n) is 2.90. The molecule has 1 atom stereocenters. The number of nitrogens with zero attached hydrogens (tertiary/aromatic N) is 4. The molecule has 0 aromatic carbocycles. The lowest BCUT2D eigenvalue weighted by Gasteiger charge is -2.36. The highest BCUT2D eigenvalue weighted by atomic mass is 19.4. The molecule has 8 heteroatoms. The van der Waals surface area contributed by atoms with Crippen LogP contribution in [0, 0.1) is 5.92 Å². The number of anilines is 1. The van der Waals surface area contributed by atoms with Crippen molar-refractivity contribution in [2.75, 3.05) is 50.8 Å². The average molecular weight is 316 g/mol. The Hall–Kier alpha value is -1.41. The van der Waals surface area contributed by atoms with Gasteiger partial charge in [0.2, 0.25) is 0 Å². The molecular formula is C14H19F3N4O. The highest BCUT2D eigenvalue weighted by Gasteiger charge is 2.33. The molecule has 0 bridgehead atoms. The molecule has 5 nitrogen and oxygen atoms in total. The molecule has 2 aliphatic rings. The van der Waals surface area contributed by atoms with Crippen molar-refractivity contribution in [2.24, 2.45) is 5.92 Å². The van der Waals surface area contributed by atoms with Crippen LogP contribution in [0.2, 0.25) is 0 Å². The topological polar surface area (TPSA) is 41.5 Å². The molecule has 0 aliphatic carbocycles. The Bertz CT molecular complexity index is 480. The maximum atomic E-state index is 12.5. The third kappa shape index (κ3) is 3.67. The molecule has 2 aliphatic heterocycles. The van der Waals surface area contributed by atoms with Crippen LogP contribution in [0.3, 0.4) is 0 Å². The molecule has 1 unspecified atom stereocenters. The molecule has 0 amide bonds. The van der Waals surface area contributed by atoms with Gasteiger partial charge in [-0.25, -0.2) is 0 Å². The molecule has 0 saturated carbocycles. The number of alkyl halides is 3. The van der Waals surface area contributed by atoms with Crippen LogP contribution in [0.4, 0.5) is 19.0 Å². The van der Waals surface area contributed by atoms with Crippen LogP contribution in [0.15, 0.2) is 12.1 Å².